The molecule has 1 heterocycles. The Morgan fingerprint density at radius 2 is 1.95 bits per heavy atom. The summed E-state index contributed by atoms with van der Waals surface area (Å²) in [6.45, 7) is 0.389. The fourth-order valence-electron chi connectivity index (χ4n) is 1.86. The van der Waals surface area contributed by atoms with Gasteiger partial charge in [0.15, 0.2) is 0 Å². The highest BCUT2D eigenvalue weighted by Gasteiger charge is 2.17. The third-order valence-corrected chi connectivity index (χ3v) is 2.94. The van der Waals surface area contributed by atoms with Crippen LogP contribution in [0, 0.1) is 17.2 Å². The molecule has 1 unspecified atom stereocenters. The van der Waals surface area contributed by atoms with Crippen molar-refractivity contribution >= 4 is 5.91 Å². The Kier molecular flexibility index (Phi) is 4.85. The van der Waals surface area contributed by atoms with Gasteiger partial charge in [-0.1, -0.05) is 36.4 Å². The molecule has 20 heavy (non-hydrogen) atoms. The van der Waals surface area contributed by atoms with Crippen molar-refractivity contribution in [2.45, 2.75) is 13.0 Å². The predicted molar refractivity (Wildman–Crippen MR) is 75.3 cm³/mol. The lowest BCUT2D eigenvalue weighted by molar-refractivity contribution is -0.123. The van der Waals surface area contributed by atoms with Crippen LogP contribution in [0.15, 0.2) is 54.9 Å². The van der Waals surface area contributed by atoms with Crippen LogP contribution < -0.4 is 5.32 Å². The number of amides is 1. The Balaban J connectivity index is 1.91. The highest BCUT2D eigenvalue weighted by Crippen LogP contribution is 2.08. The normalized spacial score (nSPS) is 11.3. The summed E-state index contributed by atoms with van der Waals surface area (Å²) in [4.78, 5) is 16.0. The van der Waals surface area contributed by atoms with Gasteiger partial charge in [0.2, 0.25) is 5.91 Å². The van der Waals surface area contributed by atoms with Crippen molar-refractivity contribution in [2.75, 3.05) is 0 Å². The minimum atomic E-state index is -0.672. The van der Waals surface area contributed by atoms with E-state index in [0.29, 0.717) is 13.0 Å². The molecule has 4 heteroatoms. The second-order valence-corrected chi connectivity index (χ2v) is 4.45. The third kappa shape index (κ3) is 3.92. The van der Waals surface area contributed by atoms with E-state index >= 15 is 0 Å². The van der Waals surface area contributed by atoms with Crippen molar-refractivity contribution in [3.8, 4) is 6.07 Å². The number of pyridine rings is 1. The van der Waals surface area contributed by atoms with Gasteiger partial charge in [-0.2, -0.15) is 5.26 Å². The molecule has 0 aliphatic carbocycles. The number of nitrogens with zero attached hydrogens (tertiary/aromatic N) is 2. The van der Waals surface area contributed by atoms with Crippen LogP contribution in [0.4, 0.5) is 0 Å². The van der Waals surface area contributed by atoms with Crippen molar-refractivity contribution in [2.24, 2.45) is 5.92 Å². The van der Waals surface area contributed by atoms with E-state index in [-0.39, 0.29) is 5.91 Å². The topological polar surface area (TPSA) is 65.8 Å². The highest BCUT2D eigenvalue weighted by molar-refractivity contribution is 5.81. The van der Waals surface area contributed by atoms with Gasteiger partial charge in [0.05, 0.1) is 6.07 Å². The fourth-order valence-corrected chi connectivity index (χ4v) is 1.86. The summed E-state index contributed by atoms with van der Waals surface area (Å²) in [5.74, 6) is -0.922. The summed E-state index contributed by atoms with van der Waals surface area (Å²) in [7, 11) is 0. The van der Waals surface area contributed by atoms with Crippen LogP contribution in [0.2, 0.25) is 0 Å². The molecule has 1 aromatic heterocycles. The van der Waals surface area contributed by atoms with Crippen LogP contribution in [0.3, 0.4) is 0 Å². The molecule has 0 aliphatic rings. The molecule has 0 spiro atoms. The largest absolute Gasteiger partial charge is 0.351 e. The van der Waals surface area contributed by atoms with Crippen molar-refractivity contribution in [1.82, 2.24) is 10.3 Å². The van der Waals surface area contributed by atoms with E-state index in [2.05, 4.69) is 16.4 Å². The molecule has 2 rings (SSSR count). The van der Waals surface area contributed by atoms with Gasteiger partial charge >= 0.3 is 0 Å². The number of nitriles is 1. The lowest BCUT2D eigenvalue weighted by Crippen LogP contribution is -2.30. The molecule has 0 bridgehead atoms. The Bertz CT molecular complexity index is 590. The lowest BCUT2D eigenvalue weighted by Gasteiger charge is -2.10. The van der Waals surface area contributed by atoms with E-state index < -0.39 is 5.92 Å². The Morgan fingerprint density at radius 1 is 1.20 bits per heavy atom. The zero-order valence-corrected chi connectivity index (χ0v) is 11.0. The second-order valence-electron chi connectivity index (χ2n) is 4.45. The summed E-state index contributed by atoms with van der Waals surface area (Å²) >= 11 is 0. The first-order valence-corrected chi connectivity index (χ1v) is 6.40. The maximum Gasteiger partial charge on any atom is 0.237 e. The standard InChI is InChI=1S/C16H15N3O/c17-10-15(9-13-5-2-1-3-6-13)16(20)19-12-14-7-4-8-18-11-14/h1-8,11,15H,9,12H2,(H,19,20). The first kappa shape index (κ1) is 13.8. The van der Waals surface area contributed by atoms with E-state index in [4.69, 9.17) is 5.26 Å². The molecule has 4 nitrogen and oxygen atoms in total. The number of hydrogen-bond donors (Lipinski definition) is 1. The van der Waals surface area contributed by atoms with Crippen LogP contribution in [-0.4, -0.2) is 10.9 Å². The smallest absolute Gasteiger partial charge is 0.237 e. The molecular weight excluding hydrogens is 250 g/mol. The van der Waals surface area contributed by atoms with Gasteiger partial charge in [-0.25, -0.2) is 0 Å². The summed E-state index contributed by atoms with van der Waals surface area (Å²) in [5.41, 5.74) is 1.90. The first-order valence-electron chi connectivity index (χ1n) is 6.40. The van der Waals surface area contributed by atoms with Gasteiger partial charge in [0, 0.05) is 18.9 Å². The number of hydrogen-bond acceptors (Lipinski definition) is 3. The van der Waals surface area contributed by atoms with Crippen LogP contribution in [0.5, 0.6) is 0 Å². The van der Waals surface area contributed by atoms with Gasteiger partial charge < -0.3 is 5.32 Å². The highest BCUT2D eigenvalue weighted by atomic mass is 16.1. The molecule has 2 aromatic rings. The molecule has 1 atom stereocenters. The number of aromatic nitrogens is 1. The Labute approximate surface area is 118 Å². The SMILES string of the molecule is N#CC(Cc1ccccc1)C(=O)NCc1cccnc1. The quantitative estimate of drug-likeness (QED) is 0.900. The Hall–Kier alpha value is -2.67. The third-order valence-electron chi connectivity index (χ3n) is 2.94. The molecule has 1 aromatic carbocycles. The van der Waals surface area contributed by atoms with Crippen LogP contribution in [0.1, 0.15) is 11.1 Å². The number of nitrogens with one attached hydrogen (secondary N) is 1. The van der Waals surface area contributed by atoms with Gasteiger partial charge in [-0.15, -0.1) is 0 Å². The summed E-state index contributed by atoms with van der Waals surface area (Å²) in [6.07, 6.45) is 3.80. The minimum Gasteiger partial charge on any atom is -0.351 e. The maximum atomic E-state index is 12.0. The molecule has 1 N–H and O–H groups in total. The van der Waals surface area contributed by atoms with Crippen LogP contribution in [0.25, 0.3) is 0 Å². The summed E-state index contributed by atoms with van der Waals surface area (Å²) in [6, 6.07) is 15.3. The van der Waals surface area contributed by atoms with Crippen LogP contribution >= 0.6 is 0 Å². The van der Waals surface area contributed by atoms with Gasteiger partial charge in [0.25, 0.3) is 0 Å². The molecule has 0 radical (unpaired) electrons. The molecule has 0 fully saturated rings. The van der Waals surface area contributed by atoms with Gasteiger partial charge in [0.1, 0.15) is 5.92 Å². The first-order chi connectivity index (χ1) is 9.79. The zero-order chi connectivity index (χ0) is 14.2. The predicted octanol–water partition coefficient (Wildman–Crippen LogP) is 2.08. The molecular formula is C16H15N3O. The lowest BCUT2D eigenvalue weighted by atomic mass is 10.00. The Morgan fingerprint density at radius 3 is 2.60 bits per heavy atom. The zero-order valence-electron chi connectivity index (χ0n) is 11.0. The molecule has 0 saturated heterocycles. The average Bonchev–Trinajstić information content (AvgIpc) is 2.52. The van der Waals surface area contributed by atoms with E-state index in [1.165, 1.54) is 0 Å². The molecule has 100 valence electrons. The number of rotatable bonds is 5. The molecule has 1 amide bonds. The number of carbonyl (C=O) groups excluding carboxylic acids is 1. The van der Waals surface area contributed by atoms with Crippen molar-refractivity contribution < 1.29 is 4.79 Å². The average molecular weight is 265 g/mol. The summed E-state index contributed by atoms with van der Waals surface area (Å²) in [5, 5.41) is 11.9. The number of benzene rings is 1. The van der Waals surface area contributed by atoms with Crippen molar-refractivity contribution in [1.29, 1.82) is 5.26 Å². The van der Waals surface area contributed by atoms with Crippen LogP contribution in [-0.2, 0) is 17.8 Å². The second kappa shape index (κ2) is 7.05. The van der Waals surface area contributed by atoms with E-state index in [1.807, 2.05) is 42.5 Å². The van der Waals surface area contributed by atoms with E-state index in [1.54, 1.807) is 12.4 Å². The fraction of sp³-hybridized carbons (Fsp3) is 0.188. The van der Waals surface area contributed by atoms with Gasteiger partial charge in [-0.3, -0.25) is 9.78 Å². The van der Waals surface area contributed by atoms with Crippen molar-refractivity contribution in [3.05, 3.63) is 66.0 Å². The number of carbonyl (C=O) groups is 1. The monoisotopic (exact) mass is 265 g/mol. The van der Waals surface area contributed by atoms with Gasteiger partial charge in [-0.05, 0) is 23.6 Å². The maximum absolute atomic E-state index is 12.0. The van der Waals surface area contributed by atoms with Crippen molar-refractivity contribution in [3.63, 3.8) is 0 Å². The van der Waals surface area contributed by atoms with E-state index in [9.17, 15) is 4.79 Å². The summed E-state index contributed by atoms with van der Waals surface area (Å²) < 4.78 is 0. The van der Waals surface area contributed by atoms with E-state index in [0.717, 1.165) is 11.1 Å². The minimum absolute atomic E-state index is 0.250. The molecule has 0 saturated carbocycles. The molecule has 0 aliphatic heterocycles.